The Morgan fingerprint density at radius 3 is 2.62 bits per heavy atom. The van der Waals surface area contributed by atoms with Crippen molar-refractivity contribution in [3.63, 3.8) is 0 Å². The third kappa shape index (κ3) is 2.46. The third-order valence-electron chi connectivity index (χ3n) is 4.35. The molecule has 0 amide bonds. The molecule has 0 bridgehead atoms. The van der Waals surface area contributed by atoms with E-state index in [1.807, 2.05) is 37.3 Å². The van der Waals surface area contributed by atoms with Crippen molar-refractivity contribution in [2.24, 2.45) is 5.92 Å². The van der Waals surface area contributed by atoms with E-state index in [0.29, 0.717) is 11.4 Å². The van der Waals surface area contributed by atoms with Gasteiger partial charge in [-0.05, 0) is 35.2 Å². The van der Waals surface area contributed by atoms with E-state index in [4.69, 9.17) is 0 Å². The summed E-state index contributed by atoms with van der Waals surface area (Å²) in [7, 11) is -3.55. The van der Waals surface area contributed by atoms with E-state index < -0.39 is 10.0 Å². The Bertz CT molecular complexity index is 757. The van der Waals surface area contributed by atoms with Gasteiger partial charge in [0.25, 0.3) is 0 Å². The largest absolute Gasteiger partial charge is 0.395 e. The average molecular weight is 305 g/mol. The molecule has 2 unspecified atom stereocenters. The zero-order valence-electron chi connectivity index (χ0n) is 11.9. The van der Waals surface area contributed by atoms with Crippen molar-refractivity contribution in [2.75, 3.05) is 13.2 Å². The van der Waals surface area contributed by atoms with Crippen molar-refractivity contribution in [3.8, 4) is 0 Å². The van der Waals surface area contributed by atoms with E-state index >= 15 is 0 Å². The quantitative estimate of drug-likeness (QED) is 0.946. The highest BCUT2D eigenvalue weighted by molar-refractivity contribution is 7.89. The molecule has 0 radical (unpaired) electrons. The van der Waals surface area contributed by atoms with Gasteiger partial charge in [0.1, 0.15) is 0 Å². The maximum Gasteiger partial charge on any atom is 0.243 e. The van der Waals surface area contributed by atoms with Crippen LogP contribution in [-0.2, 0) is 10.0 Å². The Balaban J connectivity index is 2.04. The van der Waals surface area contributed by atoms with Gasteiger partial charge in [0.2, 0.25) is 10.0 Å². The molecule has 0 aliphatic carbocycles. The lowest BCUT2D eigenvalue weighted by Gasteiger charge is -2.24. The summed E-state index contributed by atoms with van der Waals surface area (Å²) in [6.07, 6.45) is 0.790. The Labute approximate surface area is 125 Å². The van der Waals surface area contributed by atoms with Gasteiger partial charge in [-0.25, -0.2) is 8.42 Å². The summed E-state index contributed by atoms with van der Waals surface area (Å²) in [5.41, 5.74) is 0. The monoisotopic (exact) mass is 305 g/mol. The van der Waals surface area contributed by atoms with Crippen LogP contribution >= 0.6 is 0 Å². The minimum absolute atomic E-state index is 0.131. The second-order valence-electron chi connectivity index (χ2n) is 5.64. The predicted octanol–water partition coefficient (Wildman–Crippen LogP) is 2.23. The van der Waals surface area contributed by atoms with Crippen LogP contribution in [0.3, 0.4) is 0 Å². The second kappa shape index (κ2) is 5.40. The first kappa shape index (κ1) is 14.5. The van der Waals surface area contributed by atoms with Gasteiger partial charge in [-0.2, -0.15) is 4.31 Å². The molecule has 1 heterocycles. The molecule has 112 valence electrons. The lowest BCUT2D eigenvalue weighted by Crippen LogP contribution is -2.39. The lowest BCUT2D eigenvalue weighted by molar-refractivity contribution is 0.191. The van der Waals surface area contributed by atoms with Crippen LogP contribution in [0.4, 0.5) is 0 Å². The van der Waals surface area contributed by atoms with Crippen LogP contribution < -0.4 is 0 Å². The van der Waals surface area contributed by atoms with E-state index in [0.717, 1.165) is 17.2 Å². The summed E-state index contributed by atoms with van der Waals surface area (Å²) in [4.78, 5) is 0.300. The van der Waals surface area contributed by atoms with E-state index in [1.54, 1.807) is 12.1 Å². The Morgan fingerprint density at radius 1 is 1.19 bits per heavy atom. The topological polar surface area (TPSA) is 57.6 Å². The van der Waals surface area contributed by atoms with Crippen LogP contribution in [-0.4, -0.2) is 37.0 Å². The highest BCUT2D eigenvalue weighted by Gasteiger charge is 2.39. The molecule has 2 aromatic rings. The minimum atomic E-state index is -3.55. The molecule has 4 nitrogen and oxygen atoms in total. The van der Waals surface area contributed by atoms with Gasteiger partial charge in [-0.1, -0.05) is 37.3 Å². The number of rotatable bonds is 3. The third-order valence-corrected chi connectivity index (χ3v) is 6.27. The number of nitrogens with zero attached hydrogens (tertiary/aromatic N) is 1. The van der Waals surface area contributed by atoms with Crippen LogP contribution in [0.5, 0.6) is 0 Å². The Hall–Kier alpha value is -1.43. The molecule has 0 saturated carbocycles. The Morgan fingerprint density at radius 2 is 1.90 bits per heavy atom. The van der Waals surface area contributed by atoms with Crippen molar-refractivity contribution in [1.82, 2.24) is 4.31 Å². The number of aliphatic hydroxyl groups is 1. The maximum absolute atomic E-state index is 12.8. The molecule has 1 aliphatic rings. The molecule has 2 atom stereocenters. The molecule has 2 aromatic carbocycles. The first-order valence-corrected chi connectivity index (χ1v) is 8.59. The van der Waals surface area contributed by atoms with Crippen LogP contribution in [0, 0.1) is 5.92 Å². The fraction of sp³-hybridized carbons (Fsp3) is 0.375. The SMILES string of the molecule is CC1CCN(S(=O)(=O)c2ccc3ccccc3c2)C1CO. The van der Waals surface area contributed by atoms with Gasteiger partial charge < -0.3 is 5.11 Å². The zero-order valence-corrected chi connectivity index (χ0v) is 12.8. The minimum Gasteiger partial charge on any atom is -0.395 e. The second-order valence-corrected chi connectivity index (χ2v) is 7.53. The fourth-order valence-electron chi connectivity index (χ4n) is 3.01. The van der Waals surface area contributed by atoms with E-state index in [1.165, 1.54) is 4.31 Å². The van der Waals surface area contributed by atoms with Crippen LogP contribution in [0.1, 0.15) is 13.3 Å². The molecule has 3 rings (SSSR count). The van der Waals surface area contributed by atoms with Crippen molar-refractivity contribution in [2.45, 2.75) is 24.3 Å². The predicted molar refractivity (Wildman–Crippen MR) is 82.5 cm³/mol. The first-order valence-electron chi connectivity index (χ1n) is 7.15. The molecule has 1 aliphatic heterocycles. The summed E-state index contributed by atoms with van der Waals surface area (Å²) < 4.78 is 27.1. The molecule has 0 aromatic heterocycles. The molecule has 1 saturated heterocycles. The summed E-state index contributed by atoms with van der Waals surface area (Å²) in [6, 6.07) is 12.6. The molecular weight excluding hydrogens is 286 g/mol. The Kier molecular flexibility index (Phi) is 3.73. The molecule has 0 spiro atoms. The molecular formula is C16H19NO3S. The number of sulfonamides is 1. The molecule has 5 heteroatoms. The number of benzene rings is 2. The smallest absolute Gasteiger partial charge is 0.243 e. The summed E-state index contributed by atoms with van der Waals surface area (Å²) in [5, 5.41) is 11.4. The van der Waals surface area contributed by atoms with Gasteiger partial charge in [0.05, 0.1) is 17.5 Å². The highest BCUT2D eigenvalue weighted by Crippen LogP contribution is 2.30. The highest BCUT2D eigenvalue weighted by atomic mass is 32.2. The summed E-state index contributed by atoms with van der Waals surface area (Å²) in [5.74, 6) is 0.185. The van der Waals surface area contributed by atoms with E-state index in [-0.39, 0.29) is 18.6 Å². The summed E-state index contributed by atoms with van der Waals surface area (Å²) >= 11 is 0. The normalized spacial score (nSPS) is 23.7. The van der Waals surface area contributed by atoms with Crippen LogP contribution in [0.25, 0.3) is 10.8 Å². The number of hydrogen-bond donors (Lipinski definition) is 1. The summed E-state index contributed by atoms with van der Waals surface area (Å²) in [6.45, 7) is 2.33. The molecule has 1 N–H and O–H groups in total. The fourth-order valence-corrected chi connectivity index (χ4v) is 4.77. The van der Waals surface area contributed by atoms with Crippen LogP contribution in [0.2, 0.25) is 0 Å². The molecule has 1 fully saturated rings. The zero-order chi connectivity index (χ0) is 15.0. The van der Waals surface area contributed by atoms with E-state index in [2.05, 4.69) is 0 Å². The van der Waals surface area contributed by atoms with Gasteiger partial charge in [-0.3, -0.25) is 0 Å². The lowest BCUT2D eigenvalue weighted by atomic mass is 10.0. The standard InChI is InChI=1S/C16H19NO3S/c1-12-8-9-17(16(12)11-18)21(19,20)15-7-6-13-4-2-3-5-14(13)10-15/h2-7,10,12,16,18H,8-9,11H2,1H3. The van der Waals surface area contributed by atoms with Crippen molar-refractivity contribution in [3.05, 3.63) is 42.5 Å². The number of hydrogen-bond acceptors (Lipinski definition) is 3. The van der Waals surface area contributed by atoms with E-state index in [9.17, 15) is 13.5 Å². The number of aliphatic hydroxyl groups excluding tert-OH is 1. The van der Waals surface area contributed by atoms with Gasteiger partial charge in [-0.15, -0.1) is 0 Å². The van der Waals surface area contributed by atoms with Crippen LogP contribution in [0.15, 0.2) is 47.4 Å². The van der Waals surface area contributed by atoms with Crippen molar-refractivity contribution in [1.29, 1.82) is 0 Å². The first-order chi connectivity index (χ1) is 10.0. The van der Waals surface area contributed by atoms with Crippen molar-refractivity contribution < 1.29 is 13.5 Å². The maximum atomic E-state index is 12.8. The van der Waals surface area contributed by atoms with Gasteiger partial charge in [0.15, 0.2) is 0 Å². The van der Waals surface area contributed by atoms with Gasteiger partial charge >= 0.3 is 0 Å². The van der Waals surface area contributed by atoms with Crippen molar-refractivity contribution >= 4 is 20.8 Å². The van der Waals surface area contributed by atoms with Gasteiger partial charge in [0, 0.05) is 6.54 Å². The number of fused-ring (bicyclic) bond motifs is 1. The average Bonchev–Trinajstić information content (AvgIpc) is 2.88. The molecule has 21 heavy (non-hydrogen) atoms.